The van der Waals surface area contributed by atoms with Crippen LogP contribution in [0.3, 0.4) is 0 Å². The molecule has 1 aromatic carbocycles. The van der Waals surface area contributed by atoms with E-state index in [2.05, 4.69) is 0 Å². The molecule has 0 spiro atoms. The van der Waals surface area contributed by atoms with Gasteiger partial charge in [-0.25, -0.2) is 0 Å². The van der Waals surface area contributed by atoms with Gasteiger partial charge >= 0.3 is 0 Å². The molecule has 1 aliphatic rings. The predicted molar refractivity (Wildman–Crippen MR) is 66.0 cm³/mol. The van der Waals surface area contributed by atoms with E-state index >= 15 is 0 Å². The second-order valence-corrected chi connectivity index (χ2v) is 4.07. The minimum atomic E-state index is -0.192. The van der Waals surface area contributed by atoms with Gasteiger partial charge in [-0.1, -0.05) is 43.7 Å². The summed E-state index contributed by atoms with van der Waals surface area (Å²) < 4.78 is 0. The normalized spacial score (nSPS) is 15.4. The molecule has 0 fully saturated rings. The third kappa shape index (κ3) is 2.28. The fraction of sp³-hybridized carbons (Fsp3) is 0.286. The fourth-order valence-corrected chi connectivity index (χ4v) is 1.86. The van der Waals surface area contributed by atoms with Crippen LogP contribution in [-0.2, 0) is 9.59 Å². The van der Waals surface area contributed by atoms with Crippen molar-refractivity contribution in [2.24, 2.45) is 0 Å². The molecule has 3 nitrogen and oxygen atoms in total. The van der Waals surface area contributed by atoms with Crippen molar-refractivity contribution in [3.8, 4) is 0 Å². The molecule has 0 unspecified atom stereocenters. The Morgan fingerprint density at radius 3 is 2.47 bits per heavy atom. The number of hydrogen-bond donors (Lipinski definition) is 0. The van der Waals surface area contributed by atoms with Crippen molar-refractivity contribution in [3.05, 3.63) is 42.0 Å². The van der Waals surface area contributed by atoms with Crippen molar-refractivity contribution in [1.82, 2.24) is 4.90 Å². The first-order valence-corrected chi connectivity index (χ1v) is 5.87. The van der Waals surface area contributed by atoms with Gasteiger partial charge in [0.15, 0.2) is 0 Å². The molecule has 2 amide bonds. The minimum Gasteiger partial charge on any atom is -0.275 e. The SMILES string of the molecule is CCCCN1C(=O)C=C(c2ccccc2)C1=O. The highest BCUT2D eigenvalue weighted by molar-refractivity contribution is 6.33. The highest BCUT2D eigenvalue weighted by Gasteiger charge is 2.30. The molecule has 0 N–H and O–H groups in total. The second-order valence-electron chi connectivity index (χ2n) is 4.07. The van der Waals surface area contributed by atoms with Crippen molar-refractivity contribution >= 4 is 17.4 Å². The predicted octanol–water partition coefficient (Wildman–Crippen LogP) is 2.24. The van der Waals surface area contributed by atoms with Crippen LogP contribution in [0, 0.1) is 0 Å². The summed E-state index contributed by atoms with van der Waals surface area (Å²) in [6.45, 7) is 2.55. The average Bonchev–Trinajstić information content (AvgIpc) is 2.64. The number of carbonyl (C=O) groups excluding carboxylic acids is 2. The zero-order valence-electron chi connectivity index (χ0n) is 9.85. The lowest BCUT2D eigenvalue weighted by atomic mass is 10.1. The number of unbranched alkanes of at least 4 members (excludes halogenated alkanes) is 1. The number of imide groups is 1. The standard InChI is InChI=1S/C14H15NO2/c1-2-3-9-15-13(16)10-12(14(15)17)11-7-5-4-6-8-11/h4-8,10H,2-3,9H2,1H3. The third-order valence-electron chi connectivity index (χ3n) is 2.83. The lowest BCUT2D eigenvalue weighted by Crippen LogP contribution is -2.31. The van der Waals surface area contributed by atoms with E-state index in [0.717, 1.165) is 18.4 Å². The van der Waals surface area contributed by atoms with Gasteiger partial charge in [0.25, 0.3) is 11.8 Å². The molecule has 0 aromatic heterocycles. The molecule has 0 saturated carbocycles. The third-order valence-corrected chi connectivity index (χ3v) is 2.83. The number of nitrogens with zero attached hydrogens (tertiary/aromatic N) is 1. The molecule has 0 atom stereocenters. The van der Waals surface area contributed by atoms with Crippen LogP contribution in [-0.4, -0.2) is 23.3 Å². The smallest absolute Gasteiger partial charge is 0.261 e. The van der Waals surface area contributed by atoms with Gasteiger partial charge in [0.2, 0.25) is 0 Å². The molecule has 0 radical (unpaired) electrons. The van der Waals surface area contributed by atoms with E-state index in [-0.39, 0.29) is 11.8 Å². The summed E-state index contributed by atoms with van der Waals surface area (Å²) in [6.07, 6.45) is 3.26. The van der Waals surface area contributed by atoms with Crippen LogP contribution >= 0.6 is 0 Å². The maximum Gasteiger partial charge on any atom is 0.261 e. The summed E-state index contributed by atoms with van der Waals surface area (Å²) in [7, 11) is 0. The van der Waals surface area contributed by atoms with E-state index in [1.54, 1.807) is 0 Å². The van der Waals surface area contributed by atoms with Gasteiger partial charge < -0.3 is 0 Å². The summed E-state index contributed by atoms with van der Waals surface area (Å²) >= 11 is 0. The number of benzene rings is 1. The van der Waals surface area contributed by atoms with Crippen LogP contribution < -0.4 is 0 Å². The molecule has 2 rings (SSSR count). The first-order valence-electron chi connectivity index (χ1n) is 5.87. The van der Waals surface area contributed by atoms with Crippen molar-refractivity contribution in [2.45, 2.75) is 19.8 Å². The minimum absolute atomic E-state index is 0.172. The van der Waals surface area contributed by atoms with E-state index in [1.165, 1.54) is 11.0 Å². The van der Waals surface area contributed by atoms with Crippen LogP contribution in [0.1, 0.15) is 25.3 Å². The van der Waals surface area contributed by atoms with Crippen molar-refractivity contribution < 1.29 is 9.59 Å². The molecule has 17 heavy (non-hydrogen) atoms. The number of rotatable bonds is 4. The summed E-state index contributed by atoms with van der Waals surface area (Å²) in [6, 6.07) is 9.31. The summed E-state index contributed by atoms with van der Waals surface area (Å²) in [4.78, 5) is 25.1. The Bertz CT molecular complexity index is 462. The average molecular weight is 229 g/mol. The highest BCUT2D eigenvalue weighted by atomic mass is 16.2. The first kappa shape index (κ1) is 11.6. The summed E-state index contributed by atoms with van der Waals surface area (Å²) in [5.41, 5.74) is 1.32. The molecule has 0 saturated heterocycles. The van der Waals surface area contributed by atoms with Crippen molar-refractivity contribution in [3.63, 3.8) is 0 Å². The van der Waals surface area contributed by atoms with Gasteiger partial charge in [0.1, 0.15) is 0 Å². The van der Waals surface area contributed by atoms with E-state index in [9.17, 15) is 9.59 Å². The van der Waals surface area contributed by atoms with Crippen molar-refractivity contribution in [1.29, 1.82) is 0 Å². The number of amides is 2. The monoisotopic (exact) mass is 229 g/mol. The van der Waals surface area contributed by atoms with E-state index in [4.69, 9.17) is 0 Å². The first-order chi connectivity index (χ1) is 8.24. The molecule has 1 aliphatic heterocycles. The van der Waals surface area contributed by atoms with Gasteiger partial charge in [-0.05, 0) is 12.0 Å². The molecule has 1 heterocycles. The van der Waals surface area contributed by atoms with Crippen LogP contribution in [0.4, 0.5) is 0 Å². The van der Waals surface area contributed by atoms with E-state index in [1.807, 2.05) is 37.3 Å². The molecular weight excluding hydrogens is 214 g/mol. The molecule has 0 aliphatic carbocycles. The Morgan fingerprint density at radius 2 is 1.82 bits per heavy atom. The van der Waals surface area contributed by atoms with Crippen LogP contribution in [0.5, 0.6) is 0 Å². The van der Waals surface area contributed by atoms with Crippen LogP contribution in [0.25, 0.3) is 5.57 Å². The van der Waals surface area contributed by atoms with E-state index < -0.39 is 0 Å². The molecule has 1 aromatic rings. The highest BCUT2D eigenvalue weighted by Crippen LogP contribution is 2.23. The van der Waals surface area contributed by atoms with Crippen LogP contribution in [0.2, 0.25) is 0 Å². The van der Waals surface area contributed by atoms with Gasteiger partial charge in [0, 0.05) is 12.6 Å². The van der Waals surface area contributed by atoms with Gasteiger partial charge in [-0.3, -0.25) is 14.5 Å². The molecule has 88 valence electrons. The number of carbonyl (C=O) groups is 2. The summed E-state index contributed by atoms with van der Waals surface area (Å²) in [5, 5.41) is 0. The largest absolute Gasteiger partial charge is 0.275 e. The summed E-state index contributed by atoms with van der Waals surface area (Å²) in [5.74, 6) is -0.364. The Morgan fingerprint density at radius 1 is 1.12 bits per heavy atom. The fourth-order valence-electron chi connectivity index (χ4n) is 1.86. The van der Waals surface area contributed by atoms with Gasteiger partial charge in [0.05, 0.1) is 5.57 Å². The Labute approximate surface area is 101 Å². The van der Waals surface area contributed by atoms with Crippen molar-refractivity contribution in [2.75, 3.05) is 6.54 Å². The van der Waals surface area contributed by atoms with Crippen LogP contribution in [0.15, 0.2) is 36.4 Å². The van der Waals surface area contributed by atoms with E-state index in [0.29, 0.717) is 12.1 Å². The zero-order valence-corrected chi connectivity index (χ0v) is 9.85. The Hall–Kier alpha value is -1.90. The molecule has 3 heteroatoms. The maximum absolute atomic E-state index is 12.1. The lowest BCUT2D eigenvalue weighted by molar-refractivity contribution is -0.136. The Balaban J connectivity index is 2.20. The second kappa shape index (κ2) is 4.95. The van der Waals surface area contributed by atoms with Gasteiger partial charge in [-0.15, -0.1) is 0 Å². The Kier molecular flexibility index (Phi) is 3.38. The molecular formula is C14H15NO2. The topological polar surface area (TPSA) is 37.4 Å². The molecule has 0 bridgehead atoms. The quantitative estimate of drug-likeness (QED) is 0.742. The lowest BCUT2D eigenvalue weighted by Gasteiger charge is -2.13. The number of hydrogen-bond acceptors (Lipinski definition) is 2. The zero-order chi connectivity index (χ0) is 12.3. The van der Waals surface area contributed by atoms with Gasteiger partial charge in [-0.2, -0.15) is 0 Å². The maximum atomic E-state index is 12.1.